The standard InChI is InChI=1S/C14H21N5/c1-14(2,3)13-17-11(16)9-12(18-13)19(8-4-7-15)10-5-6-10/h9-10H,4-6,8H2,1-3H3,(H2,16,17,18). The van der Waals surface area contributed by atoms with Gasteiger partial charge in [-0.2, -0.15) is 5.26 Å². The van der Waals surface area contributed by atoms with Crippen molar-refractivity contribution >= 4 is 11.6 Å². The molecule has 1 aromatic rings. The first-order valence-corrected chi connectivity index (χ1v) is 6.70. The fraction of sp³-hybridized carbons (Fsp3) is 0.643. The summed E-state index contributed by atoms with van der Waals surface area (Å²) in [4.78, 5) is 11.2. The molecule has 1 saturated carbocycles. The van der Waals surface area contributed by atoms with E-state index < -0.39 is 0 Å². The third kappa shape index (κ3) is 3.34. The summed E-state index contributed by atoms with van der Waals surface area (Å²) in [5, 5.41) is 8.77. The van der Waals surface area contributed by atoms with Gasteiger partial charge in [-0.1, -0.05) is 20.8 Å². The second-order valence-electron chi connectivity index (χ2n) is 6.06. The Kier molecular flexibility index (Phi) is 3.61. The molecule has 2 N–H and O–H groups in total. The smallest absolute Gasteiger partial charge is 0.138 e. The van der Waals surface area contributed by atoms with Crippen LogP contribution in [-0.4, -0.2) is 22.6 Å². The molecule has 1 aromatic heterocycles. The maximum Gasteiger partial charge on any atom is 0.138 e. The first-order chi connectivity index (χ1) is 8.91. The molecule has 2 rings (SSSR count). The van der Waals surface area contributed by atoms with Gasteiger partial charge in [-0.15, -0.1) is 0 Å². The Bertz CT molecular complexity index is 494. The van der Waals surface area contributed by atoms with E-state index in [0.717, 1.165) is 11.6 Å². The predicted molar refractivity (Wildman–Crippen MR) is 75.7 cm³/mol. The van der Waals surface area contributed by atoms with E-state index in [1.165, 1.54) is 12.8 Å². The van der Waals surface area contributed by atoms with E-state index in [0.29, 0.717) is 24.8 Å². The van der Waals surface area contributed by atoms with E-state index in [1.54, 1.807) is 0 Å². The molecule has 0 radical (unpaired) electrons. The molecule has 0 aliphatic heterocycles. The zero-order valence-corrected chi connectivity index (χ0v) is 11.8. The van der Waals surface area contributed by atoms with Crippen LogP contribution in [0.4, 0.5) is 11.6 Å². The Morgan fingerprint density at radius 1 is 1.42 bits per heavy atom. The van der Waals surface area contributed by atoms with Gasteiger partial charge < -0.3 is 10.6 Å². The number of nitrogen functional groups attached to an aromatic ring is 1. The average Bonchev–Trinajstić information content (AvgIpc) is 3.12. The largest absolute Gasteiger partial charge is 0.384 e. The molecule has 0 spiro atoms. The van der Waals surface area contributed by atoms with Crippen LogP contribution in [0.1, 0.15) is 45.9 Å². The van der Waals surface area contributed by atoms with Gasteiger partial charge in [0.1, 0.15) is 17.5 Å². The zero-order chi connectivity index (χ0) is 14.0. The van der Waals surface area contributed by atoms with Crippen molar-refractivity contribution in [2.24, 2.45) is 0 Å². The molecule has 19 heavy (non-hydrogen) atoms. The number of anilines is 2. The molecular weight excluding hydrogens is 238 g/mol. The summed E-state index contributed by atoms with van der Waals surface area (Å²) in [5.41, 5.74) is 5.77. The van der Waals surface area contributed by atoms with Crippen molar-refractivity contribution in [2.75, 3.05) is 17.2 Å². The minimum absolute atomic E-state index is 0.130. The first-order valence-electron chi connectivity index (χ1n) is 6.70. The molecule has 0 unspecified atom stereocenters. The van der Waals surface area contributed by atoms with Gasteiger partial charge in [0.05, 0.1) is 12.5 Å². The Balaban J connectivity index is 2.31. The van der Waals surface area contributed by atoms with Gasteiger partial charge in [0, 0.05) is 24.1 Å². The number of hydrogen-bond donors (Lipinski definition) is 1. The van der Waals surface area contributed by atoms with Crippen LogP contribution in [0.15, 0.2) is 6.07 Å². The highest BCUT2D eigenvalue weighted by Gasteiger charge is 2.31. The van der Waals surface area contributed by atoms with Crippen LogP contribution in [0.3, 0.4) is 0 Å². The van der Waals surface area contributed by atoms with Crippen molar-refractivity contribution in [1.82, 2.24) is 9.97 Å². The first kappa shape index (κ1) is 13.6. The van der Waals surface area contributed by atoms with Crippen LogP contribution >= 0.6 is 0 Å². The zero-order valence-electron chi connectivity index (χ0n) is 11.8. The normalized spacial score (nSPS) is 15.1. The van der Waals surface area contributed by atoms with Crippen molar-refractivity contribution in [3.05, 3.63) is 11.9 Å². The lowest BCUT2D eigenvalue weighted by atomic mass is 9.96. The summed E-state index contributed by atoms with van der Waals surface area (Å²) in [6.45, 7) is 6.92. The molecule has 1 aliphatic rings. The van der Waals surface area contributed by atoms with E-state index in [1.807, 2.05) is 6.07 Å². The number of nitriles is 1. The number of hydrogen-bond acceptors (Lipinski definition) is 5. The van der Waals surface area contributed by atoms with E-state index >= 15 is 0 Å². The average molecular weight is 259 g/mol. The Morgan fingerprint density at radius 3 is 2.63 bits per heavy atom. The van der Waals surface area contributed by atoms with Crippen molar-refractivity contribution in [3.8, 4) is 6.07 Å². The Morgan fingerprint density at radius 2 is 2.11 bits per heavy atom. The molecular formula is C14H21N5. The Hall–Kier alpha value is -1.83. The number of nitrogens with two attached hydrogens (primary N) is 1. The Labute approximate surface area is 114 Å². The van der Waals surface area contributed by atoms with Crippen molar-refractivity contribution < 1.29 is 0 Å². The van der Waals surface area contributed by atoms with E-state index in [4.69, 9.17) is 11.0 Å². The maximum atomic E-state index is 8.77. The van der Waals surface area contributed by atoms with Crippen LogP contribution in [0.25, 0.3) is 0 Å². The fourth-order valence-electron chi connectivity index (χ4n) is 1.98. The van der Waals surface area contributed by atoms with Gasteiger partial charge in [0.15, 0.2) is 0 Å². The summed E-state index contributed by atoms with van der Waals surface area (Å²) < 4.78 is 0. The van der Waals surface area contributed by atoms with Crippen LogP contribution in [0.2, 0.25) is 0 Å². The fourth-order valence-corrected chi connectivity index (χ4v) is 1.98. The topological polar surface area (TPSA) is 78.8 Å². The molecule has 1 heterocycles. The second-order valence-corrected chi connectivity index (χ2v) is 6.06. The van der Waals surface area contributed by atoms with Gasteiger partial charge in [0.25, 0.3) is 0 Å². The van der Waals surface area contributed by atoms with Crippen LogP contribution in [-0.2, 0) is 5.41 Å². The summed E-state index contributed by atoms with van der Waals surface area (Å²) in [6.07, 6.45) is 2.84. The molecule has 0 atom stereocenters. The molecule has 0 bridgehead atoms. The number of nitrogens with zero attached hydrogens (tertiary/aromatic N) is 4. The quantitative estimate of drug-likeness (QED) is 0.897. The second kappa shape index (κ2) is 5.04. The summed E-state index contributed by atoms with van der Waals surface area (Å²) >= 11 is 0. The molecule has 0 saturated heterocycles. The molecule has 0 aromatic carbocycles. The number of aromatic nitrogens is 2. The highest BCUT2D eigenvalue weighted by molar-refractivity contribution is 5.49. The predicted octanol–water partition coefficient (Wildman–Crippen LogP) is 2.24. The van der Waals surface area contributed by atoms with Crippen LogP contribution in [0, 0.1) is 11.3 Å². The summed E-state index contributed by atoms with van der Waals surface area (Å²) in [6, 6.07) is 4.51. The SMILES string of the molecule is CC(C)(C)c1nc(N)cc(N(CCC#N)C2CC2)n1. The molecule has 5 heteroatoms. The van der Waals surface area contributed by atoms with Crippen LogP contribution in [0.5, 0.6) is 0 Å². The monoisotopic (exact) mass is 259 g/mol. The summed E-state index contributed by atoms with van der Waals surface area (Å²) in [5.74, 6) is 2.11. The third-order valence-electron chi connectivity index (χ3n) is 3.15. The van der Waals surface area contributed by atoms with Crippen molar-refractivity contribution in [2.45, 2.75) is 51.5 Å². The van der Waals surface area contributed by atoms with Gasteiger partial charge in [-0.3, -0.25) is 0 Å². The minimum atomic E-state index is -0.130. The highest BCUT2D eigenvalue weighted by Crippen LogP contribution is 2.32. The third-order valence-corrected chi connectivity index (χ3v) is 3.15. The van der Waals surface area contributed by atoms with Gasteiger partial charge in [-0.05, 0) is 12.8 Å². The lowest BCUT2D eigenvalue weighted by Crippen LogP contribution is -2.29. The highest BCUT2D eigenvalue weighted by atomic mass is 15.2. The molecule has 102 valence electrons. The van der Waals surface area contributed by atoms with Gasteiger partial charge in [-0.25, -0.2) is 9.97 Å². The molecule has 0 amide bonds. The molecule has 5 nitrogen and oxygen atoms in total. The van der Waals surface area contributed by atoms with Gasteiger partial charge in [0.2, 0.25) is 0 Å². The lowest BCUT2D eigenvalue weighted by Gasteiger charge is -2.25. The number of rotatable bonds is 4. The minimum Gasteiger partial charge on any atom is -0.384 e. The maximum absolute atomic E-state index is 8.77. The van der Waals surface area contributed by atoms with E-state index in [9.17, 15) is 0 Å². The van der Waals surface area contributed by atoms with Crippen molar-refractivity contribution in [3.63, 3.8) is 0 Å². The van der Waals surface area contributed by atoms with E-state index in [-0.39, 0.29) is 5.41 Å². The van der Waals surface area contributed by atoms with Crippen molar-refractivity contribution in [1.29, 1.82) is 5.26 Å². The summed E-state index contributed by atoms with van der Waals surface area (Å²) in [7, 11) is 0. The molecule has 1 fully saturated rings. The van der Waals surface area contributed by atoms with E-state index in [2.05, 4.69) is 41.7 Å². The lowest BCUT2D eigenvalue weighted by molar-refractivity contribution is 0.544. The van der Waals surface area contributed by atoms with Gasteiger partial charge >= 0.3 is 0 Å². The molecule has 1 aliphatic carbocycles. The van der Waals surface area contributed by atoms with Crippen LogP contribution < -0.4 is 10.6 Å².